The fourth-order valence-electron chi connectivity index (χ4n) is 4.90. The van der Waals surface area contributed by atoms with Crippen LogP contribution >= 0.6 is 23.2 Å². The average Bonchev–Trinajstić information content (AvgIpc) is 3.46. The monoisotopic (exact) mass is 629 g/mol. The number of nitrogens with one attached hydrogen (secondary N) is 4. The first-order valence-corrected chi connectivity index (χ1v) is 14.7. The van der Waals surface area contributed by atoms with Crippen LogP contribution in [0.15, 0.2) is 36.7 Å². The molecule has 230 valence electrons. The second kappa shape index (κ2) is 13.3. The number of nitrogens with zero attached hydrogens (tertiary/aromatic N) is 3. The van der Waals surface area contributed by atoms with Gasteiger partial charge in [-0.1, -0.05) is 44.0 Å². The number of amides is 3. The lowest BCUT2D eigenvalue weighted by Gasteiger charge is -2.36. The highest BCUT2D eigenvalue weighted by Crippen LogP contribution is 2.35. The Bertz CT molecular complexity index is 1530. The van der Waals surface area contributed by atoms with Crippen molar-refractivity contribution in [2.24, 2.45) is 5.41 Å². The molecule has 1 aliphatic heterocycles. The third-order valence-electron chi connectivity index (χ3n) is 7.46. The van der Waals surface area contributed by atoms with Gasteiger partial charge in [-0.2, -0.15) is 0 Å². The zero-order valence-electron chi connectivity index (χ0n) is 25.0. The number of rotatable bonds is 9. The highest BCUT2D eigenvalue weighted by molar-refractivity contribution is 6.36. The molecule has 11 nitrogen and oxygen atoms in total. The highest BCUT2D eigenvalue weighted by atomic mass is 35.5. The lowest BCUT2D eigenvalue weighted by Crippen LogP contribution is -2.59. The molecule has 0 aliphatic carbocycles. The van der Waals surface area contributed by atoms with E-state index in [-0.39, 0.29) is 17.7 Å². The van der Waals surface area contributed by atoms with Crippen molar-refractivity contribution in [3.05, 3.63) is 46.7 Å². The number of carbonyl (C=O) groups is 3. The zero-order valence-corrected chi connectivity index (χ0v) is 26.6. The maximum atomic E-state index is 13.8. The molecule has 0 spiro atoms. The Morgan fingerprint density at radius 1 is 1.09 bits per heavy atom. The molecule has 0 bridgehead atoms. The Kier molecular flexibility index (Phi) is 9.99. The lowest BCUT2D eigenvalue weighted by atomic mass is 9.85. The van der Waals surface area contributed by atoms with Crippen LogP contribution in [0.1, 0.15) is 40.5 Å². The number of hydrogen-bond acceptors (Lipinski definition) is 8. The molecule has 13 heteroatoms. The fraction of sp³-hybridized carbons (Fsp3) is 0.433. The van der Waals surface area contributed by atoms with Gasteiger partial charge in [-0.25, -0.2) is 9.97 Å². The molecular formula is C30H37Cl2N7O4. The predicted molar refractivity (Wildman–Crippen MR) is 169 cm³/mol. The van der Waals surface area contributed by atoms with Gasteiger partial charge < -0.3 is 30.9 Å². The van der Waals surface area contributed by atoms with Crippen molar-refractivity contribution in [2.75, 3.05) is 31.3 Å². The number of carbonyl (C=O) groups excluding carboxylic acids is 3. The number of methoxy groups -OCH3 is 1. The van der Waals surface area contributed by atoms with Crippen LogP contribution < -0.4 is 26.0 Å². The Balaban J connectivity index is 1.61. The van der Waals surface area contributed by atoms with Gasteiger partial charge in [0.25, 0.3) is 0 Å². The van der Waals surface area contributed by atoms with Crippen molar-refractivity contribution in [3.63, 3.8) is 0 Å². The topological polar surface area (TPSA) is 138 Å². The molecule has 2 aromatic carbocycles. The number of benzene rings is 2. The molecular weight excluding hydrogens is 593 g/mol. The van der Waals surface area contributed by atoms with Crippen LogP contribution in [0.4, 0.5) is 17.2 Å². The summed E-state index contributed by atoms with van der Waals surface area (Å²) in [5.74, 6) is -0.0926. The van der Waals surface area contributed by atoms with Gasteiger partial charge >= 0.3 is 0 Å². The minimum absolute atomic E-state index is 0.289. The van der Waals surface area contributed by atoms with Gasteiger partial charge in [0.2, 0.25) is 17.7 Å². The van der Waals surface area contributed by atoms with E-state index in [1.807, 2.05) is 20.8 Å². The second-order valence-electron chi connectivity index (χ2n) is 11.5. The van der Waals surface area contributed by atoms with E-state index in [0.717, 1.165) is 0 Å². The van der Waals surface area contributed by atoms with Crippen LogP contribution in [0, 0.1) is 5.41 Å². The number of fused-ring (bicyclic) bond motifs is 1. The molecule has 2 heterocycles. The van der Waals surface area contributed by atoms with E-state index < -0.39 is 23.5 Å². The number of aromatic nitrogens is 2. The molecule has 1 aliphatic rings. The Labute approximate surface area is 261 Å². The summed E-state index contributed by atoms with van der Waals surface area (Å²) in [7, 11) is 3.18. The van der Waals surface area contributed by atoms with E-state index in [9.17, 15) is 14.4 Å². The molecule has 4 rings (SSSR count). The zero-order chi connectivity index (χ0) is 31.5. The molecule has 3 aromatic rings. The molecule has 0 saturated carbocycles. The van der Waals surface area contributed by atoms with Crippen LogP contribution in [0.3, 0.4) is 0 Å². The predicted octanol–water partition coefficient (Wildman–Crippen LogP) is 4.76. The summed E-state index contributed by atoms with van der Waals surface area (Å²) < 4.78 is 5.58. The average molecular weight is 631 g/mol. The van der Waals surface area contributed by atoms with Gasteiger partial charge in [0.1, 0.15) is 30.0 Å². The van der Waals surface area contributed by atoms with Gasteiger partial charge in [-0.15, -0.1) is 0 Å². The van der Waals surface area contributed by atoms with E-state index in [0.29, 0.717) is 63.3 Å². The van der Waals surface area contributed by atoms with Crippen molar-refractivity contribution in [2.45, 2.75) is 58.7 Å². The normalized spacial score (nSPS) is 16.5. The summed E-state index contributed by atoms with van der Waals surface area (Å²) in [6.07, 6.45) is 2.55. The van der Waals surface area contributed by atoms with Gasteiger partial charge in [0.15, 0.2) is 0 Å². The quantitative estimate of drug-likeness (QED) is 0.266. The summed E-state index contributed by atoms with van der Waals surface area (Å²) in [5.41, 5.74) is 0.983. The van der Waals surface area contributed by atoms with Crippen LogP contribution in [-0.4, -0.2) is 71.4 Å². The molecule has 1 aromatic heterocycles. The number of anilines is 3. The van der Waals surface area contributed by atoms with Crippen molar-refractivity contribution in [1.82, 2.24) is 25.5 Å². The molecule has 1 saturated heterocycles. The Hall–Kier alpha value is -3.67. The third-order valence-corrected chi connectivity index (χ3v) is 8.01. The number of likely N-dealkylation sites (N-methyl/N-ethyl adjacent to an activating group) is 1. The summed E-state index contributed by atoms with van der Waals surface area (Å²) in [5, 5.41) is 13.5. The SMILES string of the molecule is CNC(C)C(=O)NC(C(=O)N1CCCC1C(=O)Nc1cc2c(Nc3ccc(Cl)cc3Cl)ncnc2cc1OC)C(C)(C)C. The molecule has 3 unspecified atom stereocenters. The van der Waals surface area contributed by atoms with Crippen molar-refractivity contribution in [3.8, 4) is 5.75 Å². The van der Waals surface area contributed by atoms with Crippen molar-refractivity contribution >= 4 is 69.0 Å². The fourth-order valence-corrected chi connectivity index (χ4v) is 5.36. The lowest BCUT2D eigenvalue weighted by molar-refractivity contribution is -0.143. The molecule has 4 N–H and O–H groups in total. The van der Waals surface area contributed by atoms with Crippen molar-refractivity contribution in [1.29, 1.82) is 0 Å². The number of ether oxygens (including phenoxy) is 1. The van der Waals surface area contributed by atoms with Gasteiger partial charge in [0.05, 0.1) is 35.1 Å². The summed E-state index contributed by atoms with van der Waals surface area (Å²) in [4.78, 5) is 50.5. The van der Waals surface area contributed by atoms with Gasteiger partial charge in [-0.3, -0.25) is 14.4 Å². The van der Waals surface area contributed by atoms with E-state index >= 15 is 0 Å². The summed E-state index contributed by atoms with van der Waals surface area (Å²) >= 11 is 12.4. The highest BCUT2D eigenvalue weighted by Gasteiger charge is 2.42. The first-order valence-electron chi connectivity index (χ1n) is 14.0. The largest absolute Gasteiger partial charge is 0.494 e. The molecule has 43 heavy (non-hydrogen) atoms. The minimum Gasteiger partial charge on any atom is -0.494 e. The standard InChI is InChI=1S/C30H37Cl2N7O4/c1-16(33-5)27(40)38-25(30(2,3)4)29(42)39-11-7-8-23(39)28(41)37-22-13-18-21(14-24(22)43-6)34-15-35-26(18)36-20-10-9-17(31)12-19(20)32/h9-10,12-16,23,25,33H,7-8,11H2,1-6H3,(H,37,41)(H,38,40)(H,34,35,36). The molecule has 0 radical (unpaired) electrons. The summed E-state index contributed by atoms with van der Waals surface area (Å²) in [6, 6.07) is 6.47. The van der Waals surface area contributed by atoms with E-state index in [2.05, 4.69) is 31.2 Å². The number of halogens is 2. The number of hydrogen-bond donors (Lipinski definition) is 4. The molecule has 1 fully saturated rings. The van der Waals surface area contributed by atoms with E-state index in [4.69, 9.17) is 27.9 Å². The third kappa shape index (κ3) is 7.29. The van der Waals surface area contributed by atoms with Crippen LogP contribution in [-0.2, 0) is 14.4 Å². The molecule has 3 atom stereocenters. The maximum absolute atomic E-state index is 13.8. The Morgan fingerprint density at radius 3 is 2.49 bits per heavy atom. The number of likely N-dealkylation sites (tertiary alicyclic amines) is 1. The van der Waals surface area contributed by atoms with Gasteiger partial charge in [0, 0.05) is 23.0 Å². The van der Waals surface area contributed by atoms with E-state index in [1.54, 1.807) is 49.2 Å². The first kappa shape index (κ1) is 32.2. The Morgan fingerprint density at radius 2 is 1.84 bits per heavy atom. The first-order chi connectivity index (χ1) is 20.3. The summed E-state index contributed by atoms with van der Waals surface area (Å²) in [6.45, 7) is 7.78. The van der Waals surface area contributed by atoms with E-state index in [1.165, 1.54) is 13.4 Å². The maximum Gasteiger partial charge on any atom is 0.247 e. The minimum atomic E-state index is -0.815. The second-order valence-corrected chi connectivity index (χ2v) is 12.4. The van der Waals surface area contributed by atoms with Gasteiger partial charge in [-0.05, 0) is 56.5 Å². The van der Waals surface area contributed by atoms with Crippen LogP contribution in [0.5, 0.6) is 5.75 Å². The smallest absolute Gasteiger partial charge is 0.247 e. The molecule has 3 amide bonds. The van der Waals surface area contributed by atoms with Crippen LogP contribution in [0.25, 0.3) is 10.9 Å². The van der Waals surface area contributed by atoms with Crippen LogP contribution in [0.2, 0.25) is 10.0 Å². The van der Waals surface area contributed by atoms with Crippen molar-refractivity contribution < 1.29 is 19.1 Å².